The fourth-order valence-electron chi connectivity index (χ4n) is 1.87. The largest absolute Gasteiger partial charge is 0.481 e. The van der Waals surface area contributed by atoms with Gasteiger partial charge in [-0.05, 0) is 13.3 Å². The molecule has 1 aliphatic heterocycles. The fraction of sp³-hybridized carbons (Fsp3) is 0.769. The van der Waals surface area contributed by atoms with Crippen LogP contribution in [0.15, 0.2) is 0 Å². The second-order valence-electron chi connectivity index (χ2n) is 5.39. The predicted molar refractivity (Wildman–Crippen MR) is 76.9 cm³/mol. The van der Waals surface area contributed by atoms with E-state index in [1.54, 1.807) is 18.7 Å². The summed E-state index contributed by atoms with van der Waals surface area (Å²) in [6.07, 6.45) is 0.405. The molecule has 0 bridgehead atoms. The van der Waals surface area contributed by atoms with Crippen LogP contribution < -0.4 is 16.0 Å². The Morgan fingerprint density at radius 3 is 2.38 bits per heavy atom. The minimum atomic E-state index is -1.00. The Morgan fingerprint density at radius 1 is 1.24 bits per heavy atom. The van der Waals surface area contributed by atoms with Crippen molar-refractivity contribution in [2.24, 2.45) is 5.41 Å². The summed E-state index contributed by atoms with van der Waals surface area (Å²) in [7, 11) is 0. The summed E-state index contributed by atoms with van der Waals surface area (Å²) in [6, 6.07) is -0.528. The smallest absolute Gasteiger partial charge is 0.315 e. The van der Waals surface area contributed by atoms with Crippen molar-refractivity contribution in [3.8, 4) is 0 Å². The van der Waals surface area contributed by atoms with Gasteiger partial charge in [-0.15, -0.1) is 0 Å². The van der Waals surface area contributed by atoms with Gasteiger partial charge in [-0.25, -0.2) is 4.79 Å². The Balaban J connectivity index is 2.30. The second-order valence-corrected chi connectivity index (χ2v) is 5.39. The Bertz CT molecular complexity index is 396. The molecule has 0 aromatic heterocycles. The van der Waals surface area contributed by atoms with E-state index in [2.05, 4.69) is 16.0 Å². The Hall–Kier alpha value is -1.83. The first-order valence-corrected chi connectivity index (χ1v) is 7.12. The molecule has 4 N–H and O–H groups in total. The normalized spacial score (nSPS) is 17.7. The highest BCUT2D eigenvalue weighted by atomic mass is 16.4. The van der Waals surface area contributed by atoms with E-state index in [-0.39, 0.29) is 19.0 Å². The molecule has 0 aromatic carbocycles. The fourth-order valence-corrected chi connectivity index (χ4v) is 1.87. The number of carboxylic acids is 1. The van der Waals surface area contributed by atoms with Crippen LogP contribution in [0.5, 0.6) is 0 Å². The van der Waals surface area contributed by atoms with E-state index in [0.717, 1.165) is 13.1 Å². The topological polar surface area (TPSA) is 111 Å². The van der Waals surface area contributed by atoms with E-state index < -0.39 is 17.4 Å². The number of aliphatic carboxylic acids is 1. The third kappa shape index (κ3) is 5.22. The molecule has 1 rings (SSSR count). The van der Waals surface area contributed by atoms with Gasteiger partial charge in [-0.1, -0.05) is 6.92 Å². The molecule has 0 aliphatic carbocycles. The first-order chi connectivity index (χ1) is 9.89. The molecule has 120 valence electrons. The molecule has 0 aromatic rings. The molecule has 1 heterocycles. The number of amides is 3. The number of hydrogen-bond acceptors (Lipinski definition) is 4. The number of carbonyl (C=O) groups excluding carboxylic acids is 2. The maximum Gasteiger partial charge on any atom is 0.315 e. The Morgan fingerprint density at radius 2 is 1.86 bits per heavy atom. The van der Waals surface area contributed by atoms with Gasteiger partial charge >= 0.3 is 12.0 Å². The number of carbonyl (C=O) groups is 3. The van der Waals surface area contributed by atoms with Crippen molar-refractivity contribution < 1.29 is 19.5 Å². The zero-order chi connectivity index (χ0) is 15.9. The van der Waals surface area contributed by atoms with Crippen LogP contribution >= 0.6 is 0 Å². The molecule has 0 spiro atoms. The van der Waals surface area contributed by atoms with E-state index in [1.165, 1.54) is 0 Å². The number of piperazine rings is 1. The molecule has 3 amide bonds. The molecule has 0 radical (unpaired) electrons. The number of rotatable bonds is 6. The SMILES string of the molecule is CCC(C)(CNC(=O)NCC(=O)N1CCNCC1)C(=O)O. The Kier molecular flexibility index (Phi) is 6.41. The van der Waals surface area contributed by atoms with Gasteiger partial charge in [0.25, 0.3) is 0 Å². The third-order valence-electron chi connectivity index (χ3n) is 3.81. The van der Waals surface area contributed by atoms with Crippen molar-refractivity contribution in [3.63, 3.8) is 0 Å². The van der Waals surface area contributed by atoms with Crippen molar-refractivity contribution in [3.05, 3.63) is 0 Å². The van der Waals surface area contributed by atoms with Crippen LogP contribution in [0.25, 0.3) is 0 Å². The van der Waals surface area contributed by atoms with Gasteiger partial charge in [-0.3, -0.25) is 9.59 Å². The monoisotopic (exact) mass is 300 g/mol. The first-order valence-electron chi connectivity index (χ1n) is 7.12. The molecule has 0 saturated carbocycles. The van der Waals surface area contributed by atoms with E-state index in [1.807, 2.05) is 0 Å². The minimum Gasteiger partial charge on any atom is -0.481 e. The quantitative estimate of drug-likeness (QED) is 0.514. The summed E-state index contributed by atoms with van der Waals surface area (Å²) >= 11 is 0. The minimum absolute atomic E-state index is 0.0203. The van der Waals surface area contributed by atoms with E-state index >= 15 is 0 Å². The number of hydrogen-bond donors (Lipinski definition) is 4. The van der Waals surface area contributed by atoms with Crippen LogP contribution in [-0.4, -0.2) is 67.2 Å². The summed E-state index contributed by atoms with van der Waals surface area (Å²) in [4.78, 5) is 36.2. The third-order valence-corrected chi connectivity index (χ3v) is 3.81. The molecule has 1 fully saturated rings. The van der Waals surface area contributed by atoms with E-state index in [0.29, 0.717) is 19.5 Å². The molecule has 1 unspecified atom stereocenters. The predicted octanol–water partition coefficient (Wildman–Crippen LogP) is -0.782. The first kappa shape index (κ1) is 17.2. The highest BCUT2D eigenvalue weighted by molar-refractivity contribution is 5.84. The Labute approximate surface area is 124 Å². The lowest BCUT2D eigenvalue weighted by molar-refractivity contribution is -0.147. The molecule has 1 saturated heterocycles. The maximum absolute atomic E-state index is 11.8. The van der Waals surface area contributed by atoms with Gasteiger partial charge in [0.05, 0.1) is 12.0 Å². The summed E-state index contributed by atoms with van der Waals surface area (Å²) in [6.45, 7) is 6.04. The van der Waals surface area contributed by atoms with Gasteiger partial charge in [-0.2, -0.15) is 0 Å². The maximum atomic E-state index is 11.8. The summed E-state index contributed by atoms with van der Waals surface area (Å²) < 4.78 is 0. The van der Waals surface area contributed by atoms with Crippen molar-refractivity contribution in [1.82, 2.24) is 20.9 Å². The highest BCUT2D eigenvalue weighted by Gasteiger charge is 2.31. The average molecular weight is 300 g/mol. The van der Waals surface area contributed by atoms with E-state index in [4.69, 9.17) is 5.11 Å². The summed E-state index contributed by atoms with van der Waals surface area (Å²) in [5.41, 5.74) is -1.00. The highest BCUT2D eigenvalue weighted by Crippen LogP contribution is 2.19. The molecule has 1 aliphatic rings. The zero-order valence-corrected chi connectivity index (χ0v) is 12.6. The lowest BCUT2D eigenvalue weighted by Gasteiger charge is -2.27. The lowest BCUT2D eigenvalue weighted by atomic mass is 9.88. The molecular weight excluding hydrogens is 276 g/mol. The average Bonchev–Trinajstić information content (AvgIpc) is 2.50. The van der Waals surface area contributed by atoms with Gasteiger partial charge in [0, 0.05) is 32.7 Å². The molecule has 21 heavy (non-hydrogen) atoms. The van der Waals surface area contributed by atoms with Crippen LogP contribution in [0.2, 0.25) is 0 Å². The van der Waals surface area contributed by atoms with Crippen LogP contribution in [0, 0.1) is 5.41 Å². The van der Waals surface area contributed by atoms with Gasteiger partial charge in [0.2, 0.25) is 5.91 Å². The van der Waals surface area contributed by atoms with Crippen molar-refractivity contribution in [2.75, 3.05) is 39.3 Å². The number of nitrogens with zero attached hydrogens (tertiary/aromatic N) is 1. The van der Waals surface area contributed by atoms with Crippen molar-refractivity contribution in [1.29, 1.82) is 0 Å². The van der Waals surface area contributed by atoms with Gasteiger partial charge < -0.3 is 26.0 Å². The number of urea groups is 1. The molecule has 8 nitrogen and oxygen atoms in total. The van der Waals surface area contributed by atoms with Crippen LogP contribution in [-0.2, 0) is 9.59 Å². The molecule has 1 atom stereocenters. The van der Waals surface area contributed by atoms with Crippen LogP contribution in [0.1, 0.15) is 20.3 Å². The van der Waals surface area contributed by atoms with Crippen molar-refractivity contribution >= 4 is 17.9 Å². The zero-order valence-electron chi connectivity index (χ0n) is 12.6. The summed E-state index contributed by atoms with van der Waals surface area (Å²) in [5, 5.41) is 17.2. The second kappa shape index (κ2) is 7.82. The summed E-state index contributed by atoms with van der Waals surface area (Å²) in [5.74, 6) is -1.09. The van der Waals surface area contributed by atoms with E-state index in [9.17, 15) is 14.4 Å². The van der Waals surface area contributed by atoms with Crippen molar-refractivity contribution in [2.45, 2.75) is 20.3 Å². The van der Waals surface area contributed by atoms with Crippen LogP contribution in [0.4, 0.5) is 4.79 Å². The van der Waals surface area contributed by atoms with Gasteiger partial charge in [0.15, 0.2) is 0 Å². The van der Waals surface area contributed by atoms with Gasteiger partial charge in [0.1, 0.15) is 0 Å². The molecular formula is C13H24N4O4. The standard InChI is InChI=1S/C13H24N4O4/c1-3-13(2,11(19)20)9-16-12(21)15-8-10(18)17-6-4-14-5-7-17/h14H,3-9H2,1-2H3,(H,19,20)(H2,15,16,21). The number of nitrogens with one attached hydrogen (secondary N) is 3. The van der Waals surface area contributed by atoms with Crippen LogP contribution in [0.3, 0.4) is 0 Å². The lowest BCUT2D eigenvalue weighted by Crippen LogP contribution is -2.51. The molecule has 8 heteroatoms. The number of carboxylic acid groups (broad SMARTS) is 1.